The van der Waals surface area contributed by atoms with Crippen LogP contribution in [0.4, 0.5) is 0 Å². The molecular weight excluding hydrogens is 254 g/mol. The molecule has 0 amide bonds. The Morgan fingerprint density at radius 1 is 1.85 bits per heavy atom. The standard InChI is InChI=1S/C7H8BrN3OS/c1-4-3-13-7(6(4)8)5(2-12)10-11-9/h3,5,12H,2H2,1H3. The highest BCUT2D eigenvalue weighted by atomic mass is 79.9. The molecule has 0 aliphatic heterocycles. The highest BCUT2D eigenvalue weighted by molar-refractivity contribution is 9.10. The smallest absolute Gasteiger partial charge is 0.0960 e. The molecule has 0 aliphatic rings. The summed E-state index contributed by atoms with van der Waals surface area (Å²) >= 11 is 4.85. The molecule has 70 valence electrons. The normalized spacial score (nSPS) is 12.2. The van der Waals surface area contributed by atoms with Gasteiger partial charge in [-0.05, 0) is 39.3 Å². The zero-order valence-electron chi connectivity index (χ0n) is 6.94. The van der Waals surface area contributed by atoms with Crippen LogP contribution in [0.25, 0.3) is 10.4 Å². The zero-order chi connectivity index (χ0) is 9.84. The van der Waals surface area contributed by atoms with Gasteiger partial charge in [-0.1, -0.05) is 5.11 Å². The quantitative estimate of drug-likeness (QED) is 0.507. The molecule has 1 unspecified atom stereocenters. The van der Waals surface area contributed by atoms with Gasteiger partial charge in [-0.15, -0.1) is 11.3 Å². The Hall–Kier alpha value is -0.550. The van der Waals surface area contributed by atoms with E-state index in [1.54, 1.807) is 0 Å². The number of halogens is 1. The van der Waals surface area contributed by atoms with Crippen LogP contribution < -0.4 is 0 Å². The molecular formula is C7H8BrN3OS. The number of azide groups is 1. The van der Waals surface area contributed by atoms with Gasteiger partial charge in [0, 0.05) is 14.3 Å². The summed E-state index contributed by atoms with van der Waals surface area (Å²) < 4.78 is 0.920. The maximum absolute atomic E-state index is 8.97. The van der Waals surface area contributed by atoms with E-state index in [0.717, 1.165) is 14.9 Å². The summed E-state index contributed by atoms with van der Waals surface area (Å²) in [6.45, 7) is 1.79. The van der Waals surface area contributed by atoms with Crippen molar-refractivity contribution in [2.24, 2.45) is 5.11 Å². The average Bonchev–Trinajstić information content (AvgIpc) is 2.45. The first kappa shape index (κ1) is 10.5. The van der Waals surface area contributed by atoms with Crippen LogP contribution in [0.3, 0.4) is 0 Å². The highest BCUT2D eigenvalue weighted by Gasteiger charge is 2.15. The van der Waals surface area contributed by atoms with Gasteiger partial charge < -0.3 is 5.11 Å². The second-order valence-electron chi connectivity index (χ2n) is 2.50. The van der Waals surface area contributed by atoms with Crippen LogP contribution in [0.2, 0.25) is 0 Å². The molecule has 0 bridgehead atoms. The Morgan fingerprint density at radius 2 is 2.54 bits per heavy atom. The number of hydrogen-bond acceptors (Lipinski definition) is 3. The minimum absolute atomic E-state index is 0.164. The first-order valence-corrected chi connectivity index (χ1v) is 5.26. The Labute approximate surface area is 88.0 Å². The van der Waals surface area contributed by atoms with E-state index in [-0.39, 0.29) is 6.61 Å². The number of nitrogens with zero attached hydrogens (tertiary/aromatic N) is 3. The highest BCUT2D eigenvalue weighted by Crippen LogP contribution is 2.34. The largest absolute Gasteiger partial charge is 0.396 e. The summed E-state index contributed by atoms with van der Waals surface area (Å²) in [6, 6.07) is -0.474. The molecule has 1 aromatic heterocycles. The maximum Gasteiger partial charge on any atom is 0.0960 e. The number of rotatable bonds is 3. The van der Waals surface area contributed by atoms with Gasteiger partial charge in [-0.2, -0.15) is 0 Å². The van der Waals surface area contributed by atoms with Crippen molar-refractivity contribution in [3.63, 3.8) is 0 Å². The monoisotopic (exact) mass is 261 g/mol. The first-order chi connectivity index (χ1) is 6.20. The Morgan fingerprint density at radius 3 is 2.92 bits per heavy atom. The molecule has 1 N–H and O–H groups in total. The molecule has 4 nitrogen and oxygen atoms in total. The zero-order valence-corrected chi connectivity index (χ0v) is 9.34. The van der Waals surface area contributed by atoms with Gasteiger partial charge in [-0.3, -0.25) is 0 Å². The third-order valence-electron chi connectivity index (χ3n) is 1.59. The minimum atomic E-state index is -0.474. The third-order valence-corrected chi connectivity index (χ3v) is 4.11. The van der Waals surface area contributed by atoms with Crippen molar-refractivity contribution in [3.05, 3.63) is 30.7 Å². The summed E-state index contributed by atoms with van der Waals surface area (Å²) in [5.41, 5.74) is 9.35. The van der Waals surface area contributed by atoms with E-state index in [9.17, 15) is 0 Å². The second-order valence-corrected chi connectivity index (χ2v) is 4.20. The SMILES string of the molecule is Cc1csc(C(CO)N=[N+]=[N-])c1Br. The van der Waals surface area contributed by atoms with E-state index in [2.05, 4.69) is 26.0 Å². The molecule has 0 aromatic carbocycles. The minimum Gasteiger partial charge on any atom is -0.396 e. The molecule has 1 rings (SSSR count). The fourth-order valence-corrected chi connectivity index (χ4v) is 2.68. The van der Waals surface area contributed by atoms with Gasteiger partial charge in [0.2, 0.25) is 0 Å². The lowest BCUT2D eigenvalue weighted by atomic mass is 10.2. The molecule has 0 radical (unpaired) electrons. The molecule has 0 saturated heterocycles. The Bertz CT molecular complexity index is 346. The van der Waals surface area contributed by atoms with Crippen molar-refractivity contribution in [2.75, 3.05) is 6.61 Å². The van der Waals surface area contributed by atoms with E-state index < -0.39 is 6.04 Å². The average molecular weight is 262 g/mol. The molecule has 0 spiro atoms. The molecule has 0 aliphatic carbocycles. The number of aliphatic hydroxyl groups excluding tert-OH is 1. The molecule has 1 aromatic rings. The Balaban J connectivity index is 3.04. The summed E-state index contributed by atoms with van der Waals surface area (Å²) in [5, 5.41) is 14.4. The third kappa shape index (κ3) is 2.22. The predicted molar refractivity (Wildman–Crippen MR) is 55.7 cm³/mol. The second kappa shape index (κ2) is 4.62. The summed E-state index contributed by atoms with van der Waals surface area (Å²) in [5.74, 6) is 0. The van der Waals surface area contributed by atoms with Crippen LogP contribution in [-0.4, -0.2) is 11.7 Å². The summed E-state index contributed by atoms with van der Waals surface area (Å²) in [4.78, 5) is 3.56. The topological polar surface area (TPSA) is 69.0 Å². The number of hydrogen-bond donors (Lipinski definition) is 1. The van der Waals surface area contributed by atoms with Gasteiger partial charge in [0.15, 0.2) is 0 Å². The van der Waals surface area contributed by atoms with E-state index >= 15 is 0 Å². The molecule has 1 heterocycles. The van der Waals surface area contributed by atoms with Crippen LogP contribution in [0, 0.1) is 6.92 Å². The van der Waals surface area contributed by atoms with Crippen LogP contribution in [0.15, 0.2) is 15.0 Å². The number of thiophene rings is 1. The predicted octanol–water partition coefficient (Wildman–Crippen LogP) is 3.16. The number of aryl methyl sites for hydroxylation is 1. The molecule has 0 saturated carbocycles. The number of aliphatic hydroxyl groups is 1. The summed E-state index contributed by atoms with van der Waals surface area (Å²) in [6.07, 6.45) is 0. The lowest BCUT2D eigenvalue weighted by Crippen LogP contribution is -1.97. The van der Waals surface area contributed by atoms with Gasteiger partial charge in [-0.25, -0.2) is 0 Å². The van der Waals surface area contributed by atoms with Crippen LogP contribution in [0.5, 0.6) is 0 Å². The van der Waals surface area contributed by atoms with Crippen molar-refractivity contribution in [2.45, 2.75) is 13.0 Å². The van der Waals surface area contributed by atoms with Crippen molar-refractivity contribution in [1.29, 1.82) is 0 Å². The van der Waals surface area contributed by atoms with E-state index in [4.69, 9.17) is 10.6 Å². The molecule has 0 fully saturated rings. The van der Waals surface area contributed by atoms with Gasteiger partial charge >= 0.3 is 0 Å². The first-order valence-electron chi connectivity index (χ1n) is 3.59. The fraction of sp³-hybridized carbons (Fsp3) is 0.429. The van der Waals surface area contributed by atoms with Gasteiger partial charge in [0.1, 0.15) is 0 Å². The Kier molecular flexibility index (Phi) is 3.74. The van der Waals surface area contributed by atoms with Crippen molar-refractivity contribution in [3.8, 4) is 0 Å². The van der Waals surface area contributed by atoms with Crippen LogP contribution in [0.1, 0.15) is 16.5 Å². The van der Waals surface area contributed by atoms with Crippen LogP contribution in [-0.2, 0) is 0 Å². The van der Waals surface area contributed by atoms with Crippen molar-refractivity contribution >= 4 is 27.3 Å². The lowest BCUT2D eigenvalue weighted by molar-refractivity contribution is 0.269. The van der Waals surface area contributed by atoms with E-state index in [0.29, 0.717) is 0 Å². The fourth-order valence-electron chi connectivity index (χ4n) is 0.909. The van der Waals surface area contributed by atoms with Gasteiger partial charge in [0.05, 0.1) is 12.6 Å². The van der Waals surface area contributed by atoms with E-state index in [1.165, 1.54) is 11.3 Å². The molecule has 1 atom stereocenters. The van der Waals surface area contributed by atoms with Crippen molar-refractivity contribution in [1.82, 2.24) is 0 Å². The molecule has 13 heavy (non-hydrogen) atoms. The van der Waals surface area contributed by atoms with Crippen LogP contribution >= 0.6 is 27.3 Å². The summed E-state index contributed by atoms with van der Waals surface area (Å²) in [7, 11) is 0. The van der Waals surface area contributed by atoms with Crippen molar-refractivity contribution < 1.29 is 5.11 Å². The van der Waals surface area contributed by atoms with E-state index in [1.807, 2.05) is 12.3 Å². The van der Waals surface area contributed by atoms with Gasteiger partial charge in [0.25, 0.3) is 0 Å². The maximum atomic E-state index is 8.97. The lowest BCUT2D eigenvalue weighted by Gasteiger charge is -2.04. The molecule has 6 heteroatoms.